The summed E-state index contributed by atoms with van der Waals surface area (Å²) in [6.45, 7) is 2.80. The van der Waals surface area contributed by atoms with Crippen molar-refractivity contribution in [2.45, 2.75) is 50.0 Å². The Kier molecular flexibility index (Phi) is 7.63. The molecule has 2 heterocycles. The predicted molar refractivity (Wildman–Crippen MR) is 133 cm³/mol. The van der Waals surface area contributed by atoms with Gasteiger partial charge in [-0.25, -0.2) is 0 Å². The van der Waals surface area contributed by atoms with E-state index in [0.717, 1.165) is 16.7 Å². The monoisotopic (exact) mass is 516 g/mol. The van der Waals surface area contributed by atoms with Crippen molar-refractivity contribution in [2.75, 3.05) is 34.0 Å². The van der Waals surface area contributed by atoms with Crippen molar-refractivity contribution in [3.05, 3.63) is 53.1 Å². The van der Waals surface area contributed by atoms with Gasteiger partial charge in [0.25, 0.3) is 0 Å². The van der Waals surface area contributed by atoms with E-state index in [-0.39, 0.29) is 37.1 Å². The van der Waals surface area contributed by atoms with E-state index in [1.165, 1.54) is 0 Å². The molecule has 0 radical (unpaired) electrons. The average Bonchev–Trinajstić information content (AvgIpc) is 3.52. The standard InChI is InChI=1S/C28H36O9/c1-14-8-15(4-6-20(14)37-23-10-17(11-29)24(30)26(32)25(23)31)27-18-12-36-28(19(18)13-35-27)16-5-7-21(33-2)22(9-16)34-3/h4-9,17-19,23-32H,10-13H2,1-3H3/t17?,18?,19?,23-,24-,25?,26+,27+,28-/m1/s1. The highest BCUT2D eigenvalue weighted by molar-refractivity contribution is 5.44. The molecule has 1 aliphatic carbocycles. The van der Waals surface area contributed by atoms with Crippen LogP contribution in [0.4, 0.5) is 0 Å². The Bertz CT molecular complexity index is 1090. The summed E-state index contributed by atoms with van der Waals surface area (Å²) < 4.78 is 29.4. The van der Waals surface area contributed by atoms with Gasteiger partial charge in [0.2, 0.25) is 0 Å². The van der Waals surface area contributed by atoms with Crippen molar-refractivity contribution in [2.24, 2.45) is 17.8 Å². The number of hydrogen-bond acceptors (Lipinski definition) is 9. The minimum atomic E-state index is -1.37. The minimum Gasteiger partial charge on any atom is -0.493 e. The lowest BCUT2D eigenvalue weighted by Gasteiger charge is -2.39. The van der Waals surface area contributed by atoms with Crippen LogP contribution in [-0.2, 0) is 9.47 Å². The van der Waals surface area contributed by atoms with Crippen LogP contribution in [0.2, 0.25) is 0 Å². The van der Waals surface area contributed by atoms with Crippen LogP contribution >= 0.6 is 0 Å². The van der Waals surface area contributed by atoms with Gasteiger partial charge in [0, 0.05) is 24.4 Å². The fourth-order valence-corrected chi connectivity index (χ4v) is 5.99. The molecule has 9 heteroatoms. The first kappa shape index (κ1) is 26.2. The third-order valence-corrected chi connectivity index (χ3v) is 8.14. The lowest BCUT2D eigenvalue weighted by Crippen LogP contribution is -2.56. The summed E-state index contributed by atoms with van der Waals surface area (Å²) in [5, 5.41) is 40.2. The SMILES string of the molecule is COc1ccc([C@H]2OCC3C2CO[C@H]3c2ccc(O[C@@H]3CC(CO)[C@@H](O)[C@H](O)C3O)c(C)c2)cc1OC. The zero-order valence-corrected chi connectivity index (χ0v) is 21.3. The van der Waals surface area contributed by atoms with E-state index < -0.39 is 30.3 Å². The van der Waals surface area contributed by atoms with E-state index in [2.05, 4.69) is 0 Å². The summed E-state index contributed by atoms with van der Waals surface area (Å²) in [6, 6.07) is 11.7. The Morgan fingerprint density at radius 1 is 0.784 bits per heavy atom. The topological polar surface area (TPSA) is 127 Å². The van der Waals surface area contributed by atoms with Crippen molar-refractivity contribution in [3.8, 4) is 17.2 Å². The second-order valence-corrected chi connectivity index (χ2v) is 10.3. The zero-order valence-electron chi connectivity index (χ0n) is 21.3. The summed E-state index contributed by atoms with van der Waals surface area (Å²) in [7, 11) is 3.24. The number of aliphatic hydroxyl groups excluding tert-OH is 4. The Morgan fingerprint density at radius 3 is 1.95 bits per heavy atom. The van der Waals surface area contributed by atoms with Gasteiger partial charge in [0.1, 0.15) is 24.1 Å². The summed E-state index contributed by atoms with van der Waals surface area (Å²) in [4.78, 5) is 0. The molecule has 3 fully saturated rings. The van der Waals surface area contributed by atoms with Gasteiger partial charge in [0.05, 0.1) is 45.7 Å². The number of aliphatic hydroxyl groups is 4. The number of ether oxygens (including phenoxy) is 5. The van der Waals surface area contributed by atoms with Gasteiger partial charge in [-0.2, -0.15) is 0 Å². The fraction of sp³-hybridized carbons (Fsp3) is 0.571. The molecule has 2 aromatic carbocycles. The lowest BCUT2D eigenvalue weighted by atomic mass is 9.81. The third kappa shape index (κ3) is 4.80. The molecule has 202 valence electrons. The molecule has 9 nitrogen and oxygen atoms in total. The second kappa shape index (κ2) is 10.8. The molecule has 0 amide bonds. The van der Waals surface area contributed by atoms with Crippen LogP contribution in [0, 0.1) is 24.7 Å². The van der Waals surface area contributed by atoms with Crippen molar-refractivity contribution in [3.63, 3.8) is 0 Å². The summed E-state index contributed by atoms with van der Waals surface area (Å²) in [5.41, 5.74) is 2.93. The van der Waals surface area contributed by atoms with Crippen molar-refractivity contribution < 1.29 is 44.1 Å². The Labute approximate surface area is 216 Å². The van der Waals surface area contributed by atoms with Gasteiger partial charge in [-0.3, -0.25) is 0 Å². The third-order valence-electron chi connectivity index (χ3n) is 8.14. The number of aryl methyl sites for hydroxylation is 1. The highest BCUT2D eigenvalue weighted by Gasteiger charge is 2.48. The molecule has 3 aliphatic rings. The van der Waals surface area contributed by atoms with E-state index in [0.29, 0.717) is 30.5 Å². The Morgan fingerprint density at radius 2 is 1.38 bits per heavy atom. The van der Waals surface area contributed by atoms with Crippen LogP contribution in [0.3, 0.4) is 0 Å². The molecule has 4 N–H and O–H groups in total. The normalized spacial score (nSPS) is 35.3. The number of benzene rings is 2. The van der Waals surface area contributed by atoms with E-state index in [4.69, 9.17) is 23.7 Å². The van der Waals surface area contributed by atoms with Crippen molar-refractivity contribution in [1.29, 1.82) is 0 Å². The largest absolute Gasteiger partial charge is 0.493 e. The maximum Gasteiger partial charge on any atom is 0.161 e. The summed E-state index contributed by atoms with van der Waals surface area (Å²) >= 11 is 0. The molecule has 0 aromatic heterocycles. The maximum absolute atomic E-state index is 10.4. The number of fused-ring (bicyclic) bond motifs is 1. The fourth-order valence-electron chi connectivity index (χ4n) is 5.99. The molecule has 0 spiro atoms. The van der Waals surface area contributed by atoms with Crippen LogP contribution in [0.15, 0.2) is 36.4 Å². The van der Waals surface area contributed by atoms with Gasteiger partial charge < -0.3 is 44.1 Å². The molecule has 4 unspecified atom stereocenters. The van der Waals surface area contributed by atoms with E-state index >= 15 is 0 Å². The first-order valence-corrected chi connectivity index (χ1v) is 12.7. The van der Waals surface area contributed by atoms with Gasteiger partial charge in [-0.05, 0) is 54.3 Å². The van der Waals surface area contributed by atoms with Gasteiger partial charge in [-0.15, -0.1) is 0 Å². The maximum atomic E-state index is 10.4. The molecule has 0 bridgehead atoms. The molecule has 2 aromatic rings. The smallest absolute Gasteiger partial charge is 0.161 e. The summed E-state index contributed by atoms with van der Waals surface area (Å²) in [6.07, 6.45) is -4.52. The quantitative estimate of drug-likeness (QED) is 0.437. The molecule has 5 rings (SSSR count). The van der Waals surface area contributed by atoms with Gasteiger partial charge >= 0.3 is 0 Å². The molecule has 2 aliphatic heterocycles. The first-order valence-electron chi connectivity index (χ1n) is 12.7. The predicted octanol–water partition coefficient (Wildman–Crippen LogP) is 1.93. The number of hydrogen-bond donors (Lipinski definition) is 4. The minimum absolute atomic E-state index is 0.0902. The molecule has 37 heavy (non-hydrogen) atoms. The zero-order chi connectivity index (χ0) is 26.3. The molecular weight excluding hydrogens is 480 g/mol. The van der Waals surface area contributed by atoms with Crippen LogP contribution in [0.5, 0.6) is 17.2 Å². The average molecular weight is 517 g/mol. The Balaban J connectivity index is 1.29. The van der Waals surface area contributed by atoms with E-state index in [9.17, 15) is 20.4 Å². The Hall–Kier alpha value is -2.40. The number of methoxy groups -OCH3 is 2. The molecule has 9 atom stereocenters. The van der Waals surface area contributed by atoms with Crippen molar-refractivity contribution in [1.82, 2.24) is 0 Å². The summed E-state index contributed by atoms with van der Waals surface area (Å²) in [5.74, 6) is 1.77. The molecule has 2 saturated heterocycles. The molecular formula is C28H36O9. The van der Waals surface area contributed by atoms with Crippen LogP contribution in [0.25, 0.3) is 0 Å². The van der Waals surface area contributed by atoms with Crippen molar-refractivity contribution >= 4 is 0 Å². The first-order chi connectivity index (χ1) is 17.9. The second-order valence-electron chi connectivity index (χ2n) is 10.3. The lowest BCUT2D eigenvalue weighted by molar-refractivity contribution is -0.157. The van der Waals surface area contributed by atoms with Gasteiger partial charge in [-0.1, -0.05) is 12.1 Å². The number of rotatable bonds is 7. The van der Waals surface area contributed by atoms with E-state index in [1.54, 1.807) is 14.2 Å². The highest BCUT2D eigenvalue weighted by atomic mass is 16.5. The van der Waals surface area contributed by atoms with Gasteiger partial charge in [0.15, 0.2) is 11.5 Å². The van der Waals surface area contributed by atoms with E-state index in [1.807, 2.05) is 43.3 Å². The highest BCUT2D eigenvalue weighted by Crippen LogP contribution is 2.51. The van der Waals surface area contributed by atoms with Crippen LogP contribution < -0.4 is 14.2 Å². The van der Waals surface area contributed by atoms with Crippen LogP contribution in [-0.4, -0.2) is 78.9 Å². The molecule has 1 saturated carbocycles. The van der Waals surface area contributed by atoms with Crippen LogP contribution in [0.1, 0.15) is 35.3 Å².